The van der Waals surface area contributed by atoms with Crippen molar-refractivity contribution >= 4 is 27.9 Å². The van der Waals surface area contributed by atoms with E-state index in [2.05, 4.69) is 21.2 Å². The van der Waals surface area contributed by atoms with E-state index in [0.29, 0.717) is 13.1 Å². The van der Waals surface area contributed by atoms with E-state index < -0.39 is 0 Å². The first-order valence-corrected chi connectivity index (χ1v) is 5.09. The van der Waals surface area contributed by atoms with E-state index in [-0.39, 0.29) is 0 Å². The normalized spacial score (nSPS) is 8.93. The van der Waals surface area contributed by atoms with Crippen molar-refractivity contribution in [3.63, 3.8) is 0 Å². The Morgan fingerprint density at radius 2 is 2.43 bits per heavy atom. The lowest BCUT2D eigenvalue weighted by Crippen LogP contribution is -1.80. The van der Waals surface area contributed by atoms with Gasteiger partial charge in [0.1, 0.15) is 0 Å². The molecule has 0 aliphatic heterocycles. The Balaban J connectivity index is 0.000000171. The molecule has 2 aromatic heterocycles. The fourth-order valence-corrected chi connectivity index (χ4v) is 1.63. The molecule has 0 atom stereocenters. The van der Waals surface area contributed by atoms with Gasteiger partial charge in [-0.3, -0.25) is 9.78 Å². The molecule has 0 amide bonds. The van der Waals surface area contributed by atoms with Gasteiger partial charge in [-0.1, -0.05) is 0 Å². The Morgan fingerprint density at radius 3 is 3.00 bits per heavy atom. The first-order valence-electron chi connectivity index (χ1n) is 4.21. The molecule has 74 valence electrons. The van der Waals surface area contributed by atoms with E-state index in [1.807, 2.05) is 18.5 Å². The Bertz CT molecular complexity index is 356. The van der Waals surface area contributed by atoms with Crippen LogP contribution in [0.3, 0.4) is 0 Å². The van der Waals surface area contributed by atoms with E-state index in [4.69, 9.17) is 0 Å². The number of carbonyl (C=O) groups excluding carboxylic acids is 1. The van der Waals surface area contributed by atoms with E-state index in [1.54, 1.807) is 18.3 Å². The van der Waals surface area contributed by atoms with Crippen LogP contribution in [0.15, 0.2) is 29.9 Å². The van der Waals surface area contributed by atoms with Crippen LogP contribution >= 0.6 is 11.3 Å². The highest BCUT2D eigenvalue weighted by atomic mass is 32.1. The van der Waals surface area contributed by atoms with E-state index in [0.717, 1.165) is 0 Å². The zero-order chi connectivity index (χ0) is 10.2. The largest absolute Gasteiger partial charge is 0.468 e. The highest BCUT2D eigenvalue weighted by molar-refractivity contribution is 7.17. The highest BCUT2D eigenvalue weighted by Crippen LogP contribution is 2.17. The van der Waals surface area contributed by atoms with Gasteiger partial charge in [-0.15, -0.1) is 11.3 Å². The summed E-state index contributed by atoms with van der Waals surface area (Å²) in [5.41, 5.74) is 0. The van der Waals surface area contributed by atoms with Crippen LogP contribution in [-0.4, -0.2) is 18.1 Å². The summed E-state index contributed by atoms with van der Waals surface area (Å²) in [7, 11) is 0. The van der Waals surface area contributed by atoms with Crippen molar-refractivity contribution < 1.29 is 9.53 Å². The summed E-state index contributed by atoms with van der Waals surface area (Å²) in [6.45, 7) is 2.66. The zero-order valence-corrected chi connectivity index (χ0v) is 8.66. The molecule has 3 nitrogen and oxygen atoms in total. The van der Waals surface area contributed by atoms with Gasteiger partial charge >= 0.3 is 0 Å². The average molecular weight is 209 g/mol. The van der Waals surface area contributed by atoms with Crippen LogP contribution in [0.1, 0.15) is 6.92 Å². The Kier molecular flexibility index (Phi) is 4.64. The monoisotopic (exact) mass is 209 g/mol. The Labute approximate surface area is 86.3 Å². The highest BCUT2D eigenvalue weighted by Gasteiger charge is 1.88. The quantitative estimate of drug-likeness (QED) is 0.713. The summed E-state index contributed by atoms with van der Waals surface area (Å²) in [6.07, 6.45) is 3.70. The minimum atomic E-state index is 0.431. The lowest BCUT2D eigenvalue weighted by molar-refractivity contribution is -0.128. The molecule has 0 saturated heterocycles. The van der Waals surface area contributed by atoms with E-state index in [1.165, 1.54) is 10.1 Å². The van der Waals surface area contributed by atoms with Crippen LogP contribution in [0.25, 0.3) is 10.1 Å². The minimum Gasteiger partial charge on any atom is -0.468 e. The van der Waals surface area contributed by atoms with Crippen molar-refractivity contribution in [3.05, 3.63) is 29.9 Å². The van der Waals surface area contributed by atoms with Gasteiger partial charge in [-0.2, -0.15) is 0 Å². The second-order valence-corrected chi connectivity index (χ2v) is 3.33. The maximum atomic E-state index is 9.18. The number of carbonyl (C=O) groups is 1. The summed E-state index contributed by atoms with van der Waals surface area (Å²) in [5, 5.41) is 3.31. The minimum absolute atomic E-state index is 0.431. The van der Waals surface area contributed by atoms with Gasteiger partial charge in [0, 0.05) is 22.5 Å². The predicted molar refractivity (Wildman–Crippen MR) is 57.3 cm³/mol. The fourth-order valence-electron chi connectivity index (χ4n) is 0.875. The molecule has 0 N–H and O–H groups in total. The van der Waals surface area contributed by atoms with E-state index >= 15 is 0 Å². The van der Waals surface area contributed by atoms with Gasteiger partial charge in [0.2, 0.25) is 0 Å². The summed E-state index contributed by atoms with van der Waals surface area (Å²) < 4.78 is 5.46. The molecular weight excluding hydrogens is 198 g/mol. The maximum Gasteiger partial charge on any atom is 0.293 e. The number of rotatable bonds is 2. The first-order chi connectivity index (χ1) is 6.88. The SMILES string of the molecule is CCOC=O.c1cc2sccc2cn1. The molecule has 4 heteroatoms. The molecule has 0 unspecified atom stereocenters. The van der Waals surface area contributed by atoms with Crippen molar-refractivity contribution in [3.8, 4) is 0 Å². The molecule has 0 fully saturated rings. The van der Waals surface area contributed by atoms with Gasteiger partial charge in [-0.05, 0) is 24.4 Å². The van der Waals surface area contributed by atoms with Crippen LogP contribution in [0.5, 0.6) is 0 Å². The second kappa shape index (κ2) is 6.10. The number of pyridine rings is 1. The number of fused-ring (bicyclic) bond motifs is 1. The number of ether oxygens (including phenoxy) is 1. The third kappa shape index (κ3) is 3.14. The molecule has 2 heterocycles. The lowest BCUT2D eigenvalue weighted by Gasteiger charge is -1.81. The number of nitrogens with zero attached hydrogens (tertiary/aromatic N) is 1. The number of hydrogen-bond donors (Lipinski definition) is 0. The standard InChI is InChI=1S/C7H5NS.C3H6O2/c1-3-8-5-6-2-4-9-7(1)6;1-2-5-3-4/h1-5H;3H,2H2,1H3. The van der Waals surface area contributed by atoms with Crippen LogP contribution < -0.4 is 0 Å². The third-order valence-electron chi connectivity index (χ3n) is 1.49. The zero-order valence-electron chi connectivity index (χ0n) is 7.84. The summed E-state index contributed by atoms with van der Waals surface area (Å²) in [6, 6.07) is 4.10. The van der Waals surface area contributed by atoms with Gasteiger partial charge < -0.3 is 4.74 Å². The molecule has 0 aliphatic carbocycles. The molecule has 14 heavy (non-hydrogen) atoms. The molecular formula is C10H11NO2S. The third-order valence-corrected chi connectivity index (χ3v) is 2.39. The van der Waals surface area contributed by atoms with Gasteiger partial charge in [0.05, 0.1) is 6.61 Å². The molecule has 0 bridgehead atoms. The van der Waals surface area contributed by atoms with Crippen LogP contribution in [0, 0.1) is 0 Å². The number of aromatic nitrogens is 1. The summed E-state index contributed by atoms with van der Waals surface area (Å²) in [5.74, 6) is 0. The fraction of sp³-hybridized carbons (Fsp3) is 0.200. The molecule has 2 aromatic rings. The van der Waals surface area contributed by atoms with Crippen molar-refractivity contribution in [2.45, 2.75) is 6.92 Å². The molecule has 0 saturated carbocycles. The van der Waals surface area contributed by atoms with Crippen LogP contribution in [-0.2, 0) is 9.53 Å². The summed E-state index contributed by atoms with van der Waals surface area (Å²) >= 11 is 1.75. The topological polar surface area (TPSA) is 39.2 Å². The van der Waals surface area contributed by atoms with Crippen molar-refractivity contribution in [1.29, 1.82) is 0 Å². The predicted octanol–water partition coefficient (Wildman–Crippen LogP) is 2.48. The summed E-state index contributed by atoms with van der Waals surface area (Å²) in [4.78, 5) is 13.2. The van der Waals surface area contributed by atoms with Crippen molar-refractivity contribution in [2.24, 2.45) is 0 Å². The van der Waals surface area contributed by atoms with Gasteiger partial charge in [0.25, 0.3) is 6.47 Å². The number of hydrogen-bond acceptors (Lipinski definition) is 4. The van der Waals surface area contributed by atoms with E-state index in [9.17, 15) is 4.79 Å². The smallest absolute Gasteiger partial charge is 0.293 e. The van der Waals surface area contributed by atoms with Gasteiger partial charge in [0.15, 0.2) is 0 Å². The molecule has 2 rings (SSSR count). The van der Waals surface area contributed by atoms with Crippen molar-refractivity contribution in [1.82, 2.24) is 4.98 Å². The second-order valence-electron chi connectivity index (χ2n) is 2.39. The van der Waals surface area contributed by atoms with Crippen LogP contribution in [0.2, 0.25) is 0 Å². The first kappa shape index (κ1) is 10.7. The molecule has 0 aliphatic rings. The maximum absolute atomic E-state index is 9.18. The Morgan fingerprint density at radius 1 is 1.57 bits per heavy atom. The molecule has 0 aromatic carbocycles. The molecule has 0 radical (unpaired) electrons. The van der Waals surface area contributed by atoms with Gasteiger partial charge in [-0.25, -0.2) is 0 Å². The molecule has 0 spiro atoms. The lowest BCUT2D eigenvalue weighted by atomic mass is 10.4. The Hall–Kier alpha value is -1.42. The van der Waals surface area contributed by atoms with Crippen LogP contribution in [0.4, 0.5) is 0 Å². The number of thiophene rings is 1. The average Bonchev–Trinajstić information content (AvgIpc) is 2.67. The van der Waals surface area contributed by atoms with Crippen molar-refractivity contribution in [2.75, 3.05) is 6.61 Å².